The van der Waals surface area contributed by atoms with E-state index in [-0.39, 0.29) is 5.02 Å². The Balaban J connectivity index is 1.80. The Morgan fingerprint density at radius 2 is 1.71 bits per heavy atom. The zero-order chi connectivity index (χ0) is 17.3. The van der Waals surface area contributed by atoms with Gasteiger partial charge < -0.3 is 9.80 Å². The molecule has 1 fully saturated rings. The molecule has 0 saturated carbocycles. The molecule has 0 atom stereocenters. The largest absolute Gasteiger partial charge is 0.417 e. The fraction of sp³-hybridized carbons (Fsp3) is 0.375. The summed E-state index contributed by atoms with van der Waals surface area (Å²) in [5.41, 5.74) is 0.142. The van der Waals surface area contributed by atoms with E-state index < -0.39 is 11.7 Å². The van der Waals surface area contributed by atoms with E-state index in [2.05, 4.69) is 27.0 Å². The van der Waals surface area contributed by atoms with Crippen LogP contribution in [0.25, 0.3) is 11.3 Å². The van der Waals surface area contributed by atoms with E-state index in [1.807, 2.05) is 6.07 Å². The van der Waals surface area contributed by atoms with Crippen molar-refractivity contribution < 1.29 is 13.2 Å². The van der Waals surface area contributed by atoms with Crippen LogP contribution in [0.3, 0.4) is 0 Å². The van der Waals surface area contributed by atoms with Crippen LogP contribution in [-0.2, 0) is 6.18 Å². The van der Waals surface area contributed by atoms with Gasteiger partial charge in [0.25, 0.3) is 0 Å². The molecule has 1 aliphatic rings. The SMILES string of the molecule is CN1CCN(c2ccc(-c3ccc(C(F)(F)F)c(Cl)c3)nn2)CC1. The standard InChI is InChI=1S/C16H16ClF3N4/c1-23-6-8-24(9-7-23)15-5-4-14(21-22-15)11-2-3-12(13(17)10-11)16(18,19)20/h2-5,10H,6-9H2,1H3. The molecule has 24 heavy (non-hydrogen) atoms. The summed E-state index contributed by atoms with van der Waals surface area (Å²) in [4.78, 5) is 4.37. The fourth-order valence-electron chi connectivity index (χ4n) is 2.59. The number of piperazine rings is 1. The summed E-state index contributed by atoms with van der Waals surface area (Å²) >= 11 is 5.75. The molecule has 2 heterocycles. The molecule has 0 unspecified atom stereocenters. The Morgan fingerprint density at radius 3 is 2.25 bits per heavy atom. The number of aromatic nitrogens is 2. The van der Waals surface area contributed by atoms with Gasteiger partial charge in [0.2, 0.25) is 0 Å². The Kier molecular flexibility index (Phi) is 4.64. The number of rotatable bonds is 2. The number of likely N-dealkylation sites (N-methyl/N-ethyl adjacent to an activating group) is 1. The molecule has 128 valence electrons. The average molecular weight is 357 g/mol. The number of nitrogens with zero attached hydrogens (tertiary/aromatic N) is 4. The van der Waals surface area contributed by atoms with Gasteiger partial charge >= 0.3 is 6.18 Å². The zero-order valence-electron chi connectivity index (χ0n) is 13.0. The molecular formula is C16H16ClF3N4. The fourth-order valence-corrected chi connectivity index (χ4v) is 2.88. The summed E-state index contributed by atoms with van der Waals surface area (Å²) in [5, 5.41) is 7.99. The van der Waals surface area contributed by atoms with Gasteiger partial charge in [-0.25, -0.2) is 0 Å². The van der Waals surface area contributed by atoms with Crippen LogP contribution in [0, 0.1) is 0 Å². The van der Waals surface area contributed by atoms with Crippen LogP contribution >= 0.6 is 11.6 Å². The third-order valence-corrected chi connectivity index (χ3v) is 4.36. The Bertz CT molecular complexity index is 710. The lowest BCUT2D eigenvalue weighted by Gasteiger charge is -2.32. The molecule has 0 spiro atoms. The molecule has 8 heteroatoms. The van der Waals surface area contributed by atoms with E-state index in [1.165, 1.54) is 12.1 Å². The van der Waals surface area contributed by atoms with E-state index in [0.29, 0.717) is 11.3 Å². The van der Waals surface area contributed by atoms with Gasteiger partial charge in [-0.1, -0.05) is 17.7 Å². The second-order valence-corrected chi connectivity index (χ2v) is 6.17. The first kappa shape index (κ1) is 17.0. The predicted molar refractivity (Wildman–Crippen MR) is 87.2 cm³/mol. The van der Waals surface area contributed by atoms with E-state index in [1.54, 1.807) is 6.07 Å². The van der Waals surface area contributed by atoms with Gasteiger partial charge in [-0.2, -0.15) is 13.2 Å². The van der Waals surface area contributed by atoms with Gasteiger partial charge in [0.15, 0.2) is 5.82 Å². The van der Waals surface area contributed by atoms with Crippen molar-refractivity contribution in [2.45, 2.75) is 6.18 Å². The third-order valence-electron chi connectivity index (χ3n) is 4.05. The van der Waals surface area contributed by atoms with Crippen molar-refractivity contribution in [2.75, 3.05) is 38.1 Å². The summed E-state index contributed by atoms with van der Waals surface area (Å²) in [6.45, 7) is 3.66. The van der Waals surface area contributed by atoms with Gasteiger partial charge in [-0.05, 0) is 31.3 Å². The van der Waals surface area contributed by atoms with Crippen LogP contribution in [0.15, 0.2) is 30.3 Å². The number of alkyl halides is 3. The highest BCUT2D eigenvalue weighted by Crippen LogP contribution is 2.36. The van der Waals surface area contributed by atoms with Gasteiger partial charge in [-0.3, -0.25) is 0 Å². The predicted octanol–water partition coefficient (Wildman–Crippen LogP) is 3.57. The lowest BCUT2D eigenvalue weighted by atomic mass is 10.1. The van der Waals surface area contributed by atoms with Crippen molar-refractivity contribution in [2.24, 2.45) is 0 Å². The monoisotopic (exact) mass is 356 g/mol. The number of hydrogen-bond donors (Lipinski definition) is 0. The van der Waals surface area contributed by atoms with E-state index in [9.17, 15) is 13.2 Å². The first-order valence-electron chi connectivity index (χ1n) is 7.49. The molecule has 1 saturated heterocycles. The third kappa shape index (κ3) is 3.62. The molecule has 0 amide bonds. The Labute approximate surface area is 142 Å². The number of benzene rings is 1. The molecule has 0 radical (unpaired) electrons. The summed E-state index contributed by atoms with van der Waals surface area (Å²) in [6.07, 6.45) is -4.47. The van der Waals surface area contributed by atoms with E-state index in [4.69, 9.17) is 11.6 Å². The zero-order valence-corrected chi connectivity index (χ0v) is 13.8. The smallest absolute Gasteiger partial charge is 0.353 e. The molecule has 1 aromatic carbocycles. The Morgan fingerprint density at radius 1 is 1.00 bits per heavy atom. The second-order valence-electron chi connectivity index (χ2n) is 5.76. The molecule has 1 aromatic heterocycles. The number of hydrogen-bond acceptors (Lipinski definition) is 4. The highest BCUT2D eigenvalue weighted by Gasteiger charge is 2.33. The van der Waals surface area contributed by atoms with Crippen LogP contribution in [0.1, 0.15) is 5.56 Å². The molecule has 3 rings (SSSR count). The van der Waals surface area contributed by atoms with Crippen molar-refractivity contribution in [3.63, 3.8) is 0 Å². The second kappa shape index (κ2) is 6.57. The minimum Gasteiger partial charge on any atom is -0.353 e. The number of halogens is 4. The molecule has 0 N–H and O–H groups in total. The highest BCUT2D eigenvalue weighted by atomic mass is 35.5. The van der Waals surface area contributed by atoms with Crippen LogP contribution < -0.4 is 4.90 Å². The van der Waals surface area contributed by atoms with Crippen molar-refractivity contribution in [3.8, 4) is 11.3 Å². The van der Waals surface area contributed by atoms with Gasteiger partial charge in [0.1, 0.15) is 0 Å². The topological polar surface area (TPSA) is 32.3 Å². The minimum absolute atomic E-state index is 0.343. The van der Waals surface area contributed by atoms with Gasteiger partial charge in [-0.15, -0.1) is 10.2 Å². The maximum Gasteiger partial charge on any atom is 0.417 e. The van der Waals surface area contributed by atoms with E-state index >= 15 is 0 Å². The molecule has 0 bridgehead atoms. The first-order valence-corrected chi connectivity index (χ1v) is 7.87. The quantitative estimate of drug-likeness (QED) is 0.823. The Hall–Kier alpha value is -1.86. The van der Waals surface area contributed by atoms with Crippen molar-refractivity contribution in [1.82, 2.24) is 15.1 Å². The summed E-state index contributed by atoms with van der Waals surface area (Å²) in [6, 6.07) is 7.17. The van der Waals surface area contributed by atoms with Crippen LogP contribution in [0.4, 0.5) is 19.0 Å². The average Bonchev–Trinajstić information content (AvgIpc) is 2.54. The molecular weight excluding hydrogens is 341 g/mol. The lowest BCUT2D eigenvalue weighted by Crippen LogP contribution is -2.44. The first-order chi connectivity index (χ1) is 11.3. The highest BCUT2D eigenvalue weighted by molar-refractivity contribution is 6.31. The maximum atomic E-state index is 12.7. The van der Waals surface area contributed by atoms with Crippen molar-refractivity contribution >= 4 is 17.4 Å². The maximum absolute atomic E-state index is 12.7. The summed E-state index contributed by atoms with van der Waals surface area (Å²) < 4.78 is 38.2. The van der Waals surface area contributed by atoms with Crippen molar-refractivity contribution in [1.29, 1.82) is 0 Å². The van der Waals surface area contributed by atoms with Gasteiger partial charge in [0.05, 0.1) is 16.3 Å². The van der Waals surface area contributed by atoms with Crippen LogP contribution in [0.5, 0.6) is 0 Å². The van der Waals surface area contributed by atoms with E-state index in [0.717, 1.165) is 38.1 Å². The molecule has 4 nitrogen and oxygen atoms in total. The minimum atomic E-state index is -4.47. The molecule has 1 aliphatic heterocycles. The normalized spacial score (nSPS) is 16.5. The van der Waals surface area contributed by atoms with Gasteiger partial charge in [0, 0.05) is 31.7 Å². The summed E-state index contributed by atoms with van der Waals surface area (Å²) in [7, 11) is 2.07. The summed E-state index contributed by atoms with van der Waals surface area (Å²) in [5.74, 6) is 0.768. The molecule has 2 aromatic rings. The van der Waals surface area contributed by atoms with Crippen LogP contribution in [-0.4, -0.2) is 48.3 Å². The van der Waals surface area contributed by atoms with Crippen LogP contribution in [0.2, 0.25) is 5.02 Å². The molecule has 0 aliphatic carbocycles. The lowest BCUT2D eigenvalue weighted by molar-refractivity contribution is -0.137. The van der Waals surface area contributed by atoms with Crippen molar-refractivity contribution in [3.05, 3.63) is 40.9 Å². The number of anilines is 1.